The second-order valence-corrected chi connectivity index (χ2v) is 6.06. The monoisotopic (exact) mass is 362 g/mol. The molecule has 0 saturated heterocycles. The van der Waals surface area contributed by atoms with E-state index in [0.29, 0.717) is 17.5 Å². The molecule has 114 valence electrons. The van der Waals surface area contributed by atoms with Gasteiger partial charge in [0.05, 0.1) is 5.56 Å². The van der Waals surface area contributed by atoms with Crippen molar-refractivity contribution in [2.45, 2.75) is 32.6 Å². The third-order valence-corrected chi connectivity index (χ3v) is 3.88. The normalized spacial score (nSPS) is 10.2. The van der Waals surface area contributed by atoms with Crippen molar-refractivity contribution in [1.29, 1.82) is 0 Å². The van der Waals surface area contributed by atoms with Crippen LogP contribution in [0.4, 0.5) is 8.78 Å². The summed E-state index contributed by atoms with van der Waals surface area (Å²) in [5.74, 6) is 4.21. The average molecular weight is 363 g/mol. The van der Waals surface area contributed by atoms with Crippen molar-refractivity contribution in [1.82, 2.24) is 0 Å². The van der Waals surface area contributed by atoms with E-state index in [1.54, 1.807) is 12.1 Å². The van der Waals surface area contributed by atoms with Crippen LogP contribution >= 0.6 is 15.9 Å². The molecule has 22 heavy (non-hydrogen) atoms. The Morgan fingerprint density at radius 2 is 1.59 bits per heavy atom. The molecule has 0 aromatic heterocycles. The molecule has 0 N–H and O–H groups in total. The highest BCUT2D eigenvalue weighted by Crippen LogP contribution is 2.17. The maximum atomic E-state index is 14.0. The Hall–Kier alpha value is -1.66. The van der Waals surface area contributed by atoms with E-state index in [0.717, 1.165) is 23.7 Å². The average Bonchev–Trinajstić information content (AvgIpc) is 2.48. The van der Waals surface area contributed by atoms with Crippen molar-refractivity contribution in [3.05, 3.63) is 69.2 Å². The second-order valence-electron chi connectivity index (χ2n) is 5.15. The van der Waals surface area contributed by atoms with E-state index >= 15 is 0 Å². The molecule has 0 bridgehead atoms. The third-order valence-electron chi connectivity index (χ3n) is 3.35. The van der Waals surface area contributed by atoms with Crippen molar-refractivity contribution in [3.63, 3.8) is 0 Å². The van der Waals surface area contributed by atoms with Crippen LogP contribution in [0.1, 0.15) is 42.9 Å². The summed E-state index contributed by atoms with van der Waals surface area (Å²) in [5.41, 5.74) is 1.24. The number of benzene rings is 2. The Morgan fingerprint density at radius 1 is 0.955 bits per heavy atom. The van der Waals surface area contributed by atoms with Gasteiger partial charge >= 0.3 is 0 Å². The van der Waals surface area contributed by atoms with Crippen LogP contribution in [0.15, 0.2) is 40.9 Å². The molecule has 0 spiro atoms. The number of unbranched alkanes of at least 4 members (excludes halogenated alkanes) is 2. The Morgan fingerprint density at radius 3 is 2.18 bits per heavy atom. The van der Waals surface area contributed by atoms with Gasteiger partial charge in [0.1, 0.15) is 11.6 Å². The minimum atomic E-state index is -0.587. The highest BCUT2D eigenvalue weighted by Gasteiger charge is 2.09. The zero-order chi connectivity index (χ0) is 15.9. The van der Waals surface area contributed by atoms with Gasteiger partial charge < -0.3 is 0 Å². The lowest BCUT2D eigenvalue weighted by atomic mass is 10.0. The van der Waals surface area contributed by atoms with Gasteiger partial charge in [-0.2, -0.15) is 0 Å². The van der Waals surface area contributed by atoms with Gasteiger partial charge in [0.25, 0.3) is 0 Å². The molecule has 2 aromatic carbocycles. The van der Waals surface area contributed by atoms with E-state index < -0.39 is 11.6 Å². The number of hydrogen-bond acceptors (Lipinski definition) is 0. The third kappa shape index (κ3) is 4.68. The Labute approximate surface area is 138 Å². The van der Waals surface area contributed by atoms with Crippen LogP contribution in [0.5, 0.6) is 0 Å². The summed E-state index contributed by atoms with van der Waals surface area (Å²) in [7, 11) is 0. The summed E-state index contributed by atoms with van der Waals surface area (Å²) < 4.78 is 29.0. The SMILES string of the molecule is CCCCCc1cc(F)c(C#Cc2ccc(Br)cc2)c(F)c1. The first-order valence-electron chi connectivity index (χ1n) is 7.35. The minimum absolute atomic E-state index is 0.165. The Balaban J connectivity index is 2.20. The van der Waals surface area contributed by atoms with Crippen LogP contribution in [-0.4, -0.2) is 0 Å². The van der Waals surface area contributed by atoms with Crippen LogP contribution in [0, 0.1) is 23.5 Å². The molecular formula is C19H17BrF2. The smallest absolute Gasteiger partial charge is 0.142 e. The lowest BCUT2D eigenvalue weighted by Crippen LogP contribution is -1.95. The summed E-state index contributed by atoms with van der Waals surface area (Å²) in [4.78, 5) is 0. The van der Waals surface area contributed by atoms with Crippen molar-refractivity contribution in [3.8, 4) is 11.8 Å². The van der Waals surface area contributed by atoms with Crippen molar-refractivity contribution >= 4 is 15.9 Å². The topological polar surface area (TPSA) is 0 Å². The minimum Gasteiger partial charge on any atom is -0.206 e. The predicted molar refractivity (Wildman–Crippen MR) is 89.7 cm³/mol. The predicted octanol–water partition coefficient (Wildman–Crippen LogP) is 5.86. The van der Waals surface area contributed by atoms with Crippen LogP contribution in [0.25, 0.3) is 0 Å². The molecule has 0 amide bonds. The summed E-state index contributed by atoms with van der Waals surface area (Å²) >= 11 is 3.33. The lowest BCUT2D eigenvalue weighted by molar-refractivity contribution is 0.572. The lowest BCUT2D eigenvalue weighted by Gasteiger charge is -2.04. The van der Waals surface area contributed by atoms with Gasteiger partial charge in [-0.3, -0.25) is 0 Å². The second kappa shape index (κ2) is 8.10. The van der Waals surface area contributed by atoms with Crippen molar-refractivity contribution in [2.75, 3.05) is 0 Å². The fraction of sp³-hybridized carbons (Fsp3) is 0.263. The molecule has 0 aliphatic carbocycles. The van der Waals surface area contributed by atoms with Gasteiger partial charge in [0.2, 0.25) is 0 Å². The van der Waals surface area contributed by atoms with Gasteiger partial charge in [-0.15, -0.1) is 0 Å². The van der Waals surface area contributed by atoms with Gasteiger partial charge in [0.15, 0.2) is 0 Å². The number of hydrogen-bond donors (Lipinski definition) is 0. The van der Waals surface area contributed by atoms with Gasteiger partial charge in [-0.1, -0.05) is 47.5 Å². The molecule has 0 saturated carbocycles. The van der Waals surface area contributed by atoms with Crippen LogP contribution in [0.2, 0.25) is 0 Å². The molecule has 0 fully saturated rings. The molecule has 2 aromatic rings. The maximum Gasteiger partial charge on any atom is 0.142 e. The maximum absolute atomic E-state index is 14.0. The molecule has 0 nitrogen and oxygen atoms in total. The van der Waals surface area contributed by atoms with E-state index in [4.69, 9.17) is 0 Å². The number of rotatable bonds is 4. The molecule has 0 aliphatic heterocycles. The summed E-state index contributed by atoms with van der Waals surface area (Å²) in [6, 6.07) is 10.1. The molecular weight excluding hydrogens is 346 g/mol. The summed E-state index contributed by atoms with van der Waals surface area (Å²) in [5, 5.41) is 0. The highest BCUT2D eigenvalue weighted by molar-refractivity contribution is 9.10. The number of aryl methyl sites for hydroxylation is 1. The molecule has 0 atom stereocenters. The highest BCUT2D eigenvalue weighted by atomic mass is 79.9. The quantitative estimate of drug-likeness (QED) is 0.472. The van der Waals surface area contributed by atoms with E-state index in [9.17, 15) is 8.78 Å². The first kappa shape index (κ1) is 16.7. The fourth-order valence-corrected chi connectivity index (χ4v) is 2.40. The number of halogens is 3. The molecule has 0 heterocycles. The van der Waals surface area contributed by atoms with E-state index in [-0.39, 0.29) is 5.56 Å². The Bertz CT molecular complexity index is 671. The first-order valence-corrected chi connectivity index (χ1v) is 8.15. The largest absolute Gasteiger partial charge is 0.206 e. The van der Waals surface area contributed by atoms with Gasteiger partial charge in [-0.25, -0.2) is 8.78 Å². The van der Waals surface area contributed by atoms with Crippen LogP contribution < -0.4 is 0 Å². The van der Waals surface area contributed by atoms with Crippen molar-refractivity contribution in [2.24, 2.45) is 0 Å². The van der Waals surface area contributed by atoms with Crippen LogP contribution in [-0.2, 0) is 6.42 Å². The molecule has 3 heteroatoms. The molecule has 0 unspecified atom stereocenters. The van der Waals surface area contributed by atoms with Crippen LogP contribution in [0.3, 0.4) is 0 Å². The zero-order valence-electron chi connectivity index (χ0n) is 12.4. The van der Waals surface area contributed by atoms with E-state index in [2.05, 4.69) is 34.7 Å². The molecule has 0 aliphatic rings. The zero-order valence-corrected chi connectivity index (χ0v) is 14.0. The van der Waals surface area contributed by atoms with Crippen molar-refractivity contribution < 1.29 is 8.78 Å². The van der Waals surface area contributed by atoms with E-state index in [1.165, 1.54) is 12.1 Å². The summed E-state index contributed by atoms with van der Waals surface area (Å²) in [6.07, 6.45) is 3.79. The van der Waals surface area contributed by atoms with Gasteiger partial charge in [-0.05, 0) is 54.8 Å². The molecule has 0 radical (unpaired) electrons. The fourth-order valence-electron chi connectivity index (χ4n) is 2.14. The van der Waals surface area contributed by atoms with Gasteiger partial charge in [0, 0.05) is 10.0 Å². The molecule has 2 rings (SSSR count). The summed E-state index contributed by atoms with van der Waals surface area (Å²) in [6.45, 7) is 2.10. The van der Waals surface area contributed by atoms with E-state index in [1.807, 2.05) is 12.1 Å². The first-order chi connectivity index (χ1) is 10.6. The standard InChI is InChI=1S/C19H17BrF2/c1-2-3-4-5-15-12-18(21)17(19(22)13-15)11-8-14-6-9-16(20)10-7-14/h6-7,9-10,12-13H,2-5H2,1H3. The Kier molecular flexibility index (Phi) is 6.15.